The largest absolute Gasteiger partial charge is 0.318 e. The Kier molecular flexibility index (Phi) is 5.19. The lowest BCUT2D eigenvalue weighted by Crippen LogP contribution is -2.13. The highest BCUT2D eigenvalue weighted by atomic mass is 32.1. The molecule has 0 aliphatic carbocycles. The summed E-state index contributed by atoms with van der Waals surface area (Å²) in [5.74, 6) is -0.838. The summed E-state index contributed by atoms with van der Waals surface area (Å²) in [4.78, 5) is 16.6. The highest BCUT2D eigenvalue weighted by molar-refractivity contribution is 7.13. The van der Waals surface area contributed by atoms with Crippen LogP contribution in [0, 0.1) is 37.9 Å². The maximum absolute atomic E-state index is 13.6. The van der Waals surface area contributed by atoms with Crippen LogP contribution in [0.25, 0.3) is 11.8 Å². The summed E-state index contributed by atoms with van der Waals surface area (Å²) in [7, 11) is 0. The Morgan fingerprint density at radius 1 is 1.33 bits per heavy atom. The number of nitrogens with one attached hydrogen (secondary N) is 1. The molecule has 0 spiro atoms. The first-order valence-electron chi connectivity index (χ1n) is 8.19. The average molecular weight is 380 g/mol. The van der Waals surface area contributed by atoms with Crippen LogP contribution in [0.15, 0.2) is 41.3 Å². The Hall–Kier alpha value is -3.24. The zero-order valence-corrected chi connectivity index (χ0v) is 15.9. The normalized spacial score (nSPS) is 11.3. The van der Waals surface area contributed by atoms with Crippen LogP contribution >= 0.6 is 11.3 Å². The van der Waals surface area contributed by atoms with Gasteiger partial charge in [-0.2, -0.15) is 5.26 Å². The minimum absolute atomic E-state index is 0.0256. The highest BCUT2D eigenvalue weighted by Crippen LogP contribution is 2.24. The quantitative estimate of drug-likeness (QED) is 0.533. The predicted molar refractivity (Wildman–Crippen MR) is 104 cm³/mol. The number of hydrogen-bond donors (Lipinski definition) is 1. The molecule has 2 aromatic heterocycles. The van der Waals surface area contributed by atoms with E-state index in [9.17, 15) is 14.4 Å². The third-order valence-corrected chi connectivity index (χ3v) is 4.92. The second-order valence-electron chi connectivity index (χ2n) is 6.06. The zero-order valence-electron chi connectivity index (χ0n) is 15.1. The Balaban J connectivity index is 1.94. The lowest BCUT2D eigenvalue weighted by molar-refractivity contribution is -0.112. The van der Waals surface area contributed by atoms with Crippen molar-refractivity contribution in [2.75, 3.05) is 5.32 Å². The number of aromatic nitrogens is 2. The summed E-state index contributed by atoms with van der Waals surface area (Å²) >= 11 is 1.30. The number of aryl methyl sites for hydroxylation is 2. The van der Waals surface area contributed by atoms with Crippen molar-refractivity contribution < 1.29 is 9.18 Å². The predicted octanol–water partition coefficient (Wildman–Crippen LogP) is 4.54. The molecule has 27 heavy (non-hydrogen) atoms. The van der Waals surface area contributed by atoms with Crippen molar-refractivity contribution in [2.24, 2.45) is 0 Å². The lowest BCUT2D eigenvalue weighted by atomic mass is 10.1. The van der Waals surface area contributed by atoms with E-state index in [1.54, 1.807) is 12.1 Å². The number of nitriles is 1. The van der Waals surface area contributed by atoms with E-state index in [4.69, 9.17) is 0 Å². The molecule has 1 aromatic carbocycles. The monoisotopic (exact) mass is 380 g/mol. The molecule has 7 heteroatoms. The molecule has 1 N–H and O–H groups in total. The van der Waals surface area contributed by atoms with E-state index in [0.717, 1.165) is 22.6 Å². The fraction of sp³-hybridized carbons (Fsp3) is 0.150. The second-order valence-corrected chi connectivity index (χ2v) is 6.92. The Bertz CT molecular complexity index is 1090. The minimum Gasteiger partial charge on any atom is -0.318 e. The molecule has 5 nitrogen and oxygen atoms in total. The topological polar surface area (TPSA) is 70.7 Å². The molecule has 3 aromatic rings. The van der Waals surface area contributed by atoms with Crippen LogP contribution in [0.5, 0.6) is 0 Å². The van der Waals surface area contributed by atoms with Gasteiger partial charge in [0.05, 0.1) is 5.69 Å². The molecule has 0 aliphatic heterocycles. The molecule has 0 aliphatic rings. The van der Waals surface area contributed by atoms with Crippen LogP contribution < -0.4 is 5.32 Å². The van der Waals surface area contributed by atoms with E-state index in [-0.39, 0.29) is 11.4 Å². The molecular weight excluding hydrogens is 363 g/mol. The number of carbonyl (C=O) groups excluding carboxylic acids is 1. The molecule has 2 heterocycles. The molecule has 0 saturated heterocycles. The Morgan fingerprint density at radius 2 is 2.11 bits per heavy atom. The number of benzene rings is 1. The standard InChI is InChI=1S/C20H17FN4OS/c1-12-11-27-20(23-12)24-19(26)16(10-22)8-15-7-13(2)25(14(15)3)18-6-4-5-17(21)9-18/h4-9,11H,1-3H3,(H,23,24,26)/b16-8-. The first-order chi connectivity index (χ1) is 12.9. The van der Waals surface area contributed by atoms with E-state index in [1.807, 2.05) is 42.9 Å². The minimum atomic E-state index is -0.512. The Labute approximate surface area is 160 Å². The average Bonchev–Trinajstić information content (AvgIpc) is 3.15. The molecule has 1 amide bonds. The maximum Gasteiger partial charge on any atom is 0.268 e. The van der Waals surface area contributed by atoms with E-state index >= 15 is 0 Å². The summed E-state index contributed by atoms with van der Waals surface area (Å²) in [6.45, 7) is 5.58. The molecule has 3 rings (SSSR count). The van der Waals surface area contributed by atoms with Crippen molar-refractivity contribution in [2.45, 2.75) is 20.8 Å². The first-order valence-corrected chi connectivity index (χ1v) is 9.07. The van der Waals surface area contributed by atoms with Crippen LogP contribution in [-0.2, 0) is 4.79 Å². The summed E-state index contributed by atoms with van der Waals surface area (Å²) in [6, 6.07) is 10.1. The number of anilines is 1. The van der Waals surface area contributed by atoms with Gasteiger partial charge in [-0.15, -0.1) is 11.3 Å². The smallest absolute Gasteiger partial charge is 0.268 e. The molecule has 0 fully saturated rings. The number of carbonyl (C=O) groups is 1. The second kappa shape index (κ2) is 7.56. The van der Waals surface area contributed by atoms with Gasteiger partial charge >= 0.3 is 0 Å². The number of thiazole rings is 1. The summed E-state index contributed by atoms with van der Waals surface area (Å²) < 4.78 is 15.5. The van der Waals surface area contributed by atoms with Gasteiger partial charge in [0, 0.05) is 22.5 Å². The van der Waals surface area contributed by atoms with E-state index < -0.39 is 5.91 Å². The number of rotatable bonds is 4. The van der Waals surface area contributed by atoms with Gasteiger partial charge in [0.15, 0.2) is 5.13 Å². The van der Waals surface area contributed by atoms with Gasteiger partial charge in [0.1, 0.15) is 17.5 Å². The lowest BCUT2D eigenvalue weighted by Gasteiger charge is -2.09. The van der Waals surface area contributed by atoms with Crippen molar-refractivity contribution in [3.8, 4) is 11.8 Å². The molecule has 136 valence electrons. The van der Waals surface area contributed by atoms with Crippen LogP contribution in [0.2, 0.25) is 0 Å². The molecule has 0 atom stereocenters. The van der Waals surface area contributed by atoms with E-state index in [2.05, 4.69) is 10.3 Å². The molecule has 0 bridgehead atoms. The molecule has 0 saturated carbocycles. The van der Waals surface area contributed by atoms with Crippen LogP contribution in [0.4, 0.5) is 9.52 Å². The third-order valence-electron chi connectivity index (χ3n) is 4.04. The van der Waals surface area contributed by atoms with E-state index in [1.165, 1.54) is 29.5 Å². The van der Waals surface area contributed by atoms with Gasteiger partial charge in [-0.25, -0.2) is 9.37 Å². The van der Waals surface area contributed by atoms with Crippen LogP contribution in [-0.4, -0.2) is 15.5 Å². The van der Waals surface area contributed by atoms with Crippen molar-refractivity contribution in [3.63, 3.8) is 0 Å². The molecule has 0 unspecified atom stereocenters. The van der Waals surface area contributed by atoms with Gasteiger partial charge in [-0.05, 0) is 56.7 Å². The zero-order chi connectivity index (χ0) is 19.6. The summed E-state index contributed by atoms with van der Waals surface area (Å²) in [6.07, 6.45) is 1.54. The van der Waals surface area contributed by atoms with Gasteiger partial charge in [0.2, 0.25) is 0 Å². The van der Waals surface area contributed by atoms with Crippen molar-refractivity contribution in [1.29, 1.82) is 5.26 Å². The fourth-order valence-corrected chi connectivity index (χ4v) is 3.51. The van der Waals surface area contributed by atoms with Gasteiger partial charge in [0.25, 0.3) is 5.91 Å². The van der Waals surface area contributed by atoms with Gasteiger partial charge in [-0.3, -0.25) is 10.1 Å². The number of amides is 1. The van der Waals surface area contributed by atoms with Crippen molar-refractivity contribution >= 4 is 28.5 Å². The van der Waals surface area contributed by atoms with Crippen LogP contribution in [0.1, 0.15) is 22.6 Å². The molecular formula is C20H17FN4OS. The number of halogens is 1. The third kappa shape index (κ3) is 3.96. The van der Waals surface area contributed by atoms with Crippen molar-refractivity contribution in [3.05, 3.63) is 69.7 Å². The number of hydrogen-bond acceptors (Lipinski definition) is 4. The SMILES string of the molecule is Cc1csc(NC(=O)/C(C#N)=C\c2cc(C)n(-c3cccc(F)c3)c2C)n1. The number of nitrogens with zero attached hydrogens (tertiary/aromatic N) is 3. The summed E-state index contributed by atoms with van der Waals surface area (Å²) in [5.41, 5.74) is 3.87. The molecule has 0 radical (unpaired) electrons. The maximum atomic E-state index is 13.6. The summed E-state index contributed by atoms with van der Waals surface area (Å²) in [5, 5.41) is 14.3. The Morgan fingerprint density at radius 3 is 2.74 bits per heavy atom. The fourth-order valence-electron chi connectivity index (χ4n) is 2.83. The highest BCUT2D eigenvalue weighted by Gasteiger charge is 2.15. The van der Waals surface area contributed by atoms with Crippen LogP contribution in [0.3, 0.4) is 0 Å². The van der Waals surface area contributed by atoms with E-state index in [0.29, 0.717) is 10.8 Å². The van der Waals surface area contributed by atoms with Gasteiger partial charge < -0.3 is 4.57 Å². The first kappa shape index (κ1) is 18.5. The van der Waals surface area contributed by atoms with Gasteiger partial charge in [-0.1, -0.05) is 6.07 Å². The van der Waals surface area contributed by atoms with Crippen molar-refractivity contribution in [1.82, 2.24) is 9.55 Å².